The maximum atomic E-state index is 12.5. The van der Waals surface area contributed by atoms with E-state index in [1.807, 2.05) is 31.2 Å². The number of rotatable bonds is 6. The Morgan fingerprint density at radius 2 is 1.85 bits per heavy atom. The van der Waals surface area contributed by atoms with Gasteiger partial charge in [-0.3, -0.25) is 4.79 Å². The highest BCUT2D eigenvalue weighted by Gasteiger charge is 2.13. The lowest BCUT2D eigenvalue weighted by molar-refractivity contribution is 0.0773. The van der Waals surface area contributed by atoms with Crippen molar-refractivity contribution in [2.24, 2.45) is 0 Å². The minimum Gasteiger partial charge on any atom is -0.491 e. The van der Waals surface area contributed by atoms with Gasteiger partial charge in [-0.15, -0.1) is 0 Å². The van der Waals surface area contributed by atoms with E-state index in [-0.39, 0.29) is 5.91 Å². The molecule has 0 saturated carbocycles. The first-order valence-electron chi connectivity index (χ1n) is 8.39. The summed E-state index contributed by atoms with van der Waals surface area (Å²) in [6.45, 7) is 4.69. The van der Waals surface area contributed by atoms with Crippen LogP contribution >= 0.6 is 0 Å². The Morgan fingerprint density at radius 1 is 1.12 bits per heavy atom. The highest BCUT2D eigenvalue weighted by atomic mass is 16.5. The van der Waals surface area contributed by atoms with Crippen LogP contribution in [-0.2, 0) is 0 Å². The highest BCUT2D eigenvalue weighted by Crippen LogP contribution is 2.18. The molecule has 0 fully saturated rings. The molecule has 1 heterocycles. The monoisotopic (exact) mass is 351 g/mol. The van der Waals surface area contributed by atoms with E-state index in [1.165, 1.54) is 0 Å². The fourth-order valence-corrected chi connectivity index (χ4v) is 2.50. The molecule has 0 radical (unpaired) electrons. The second kappa shape index (κ2) is 7.82. The number of aromatic nitrogens is 2. The van der Waals surface area contributed by atoms with Crippen molar-refractivity contribution in [1.82, 2.24) is 15.0 Å². The fourth-order valence-electron chi connectivity index (χ4n) is 2.50. The van der Waals surface area contributed by atoms with E-state index < -0.39 is 0 Å². The summed E-state index contributed by atoms with van der Waals surface area (Å²) in [7, 11) is 1.76. The Balaban J connectivity index is 1.57. The van der Waals surface area contributed by atoms with Crippen LogP contribution in [-0.4, -0.2) is 41.1 Å². The first-order valence-corrected chi connectivity index (χ1v) is 8.39. The molecule has 0 saturated heterocycles. The molecule has 2 aromatic carbocycles. The van der Waals surface area contributed by atoms with Crippen molar-refractivity contribution >= 4 is 5.91 Å². The van der Waals surface area contributed by atoms with Crippen molar-refractivity contribution in [3.63, 3.8) is 0 Å². The van der Waals surface area contributed by atoms with Gasteiger partial charge in [0, 0.05) is 18.2 Å². The lowest BCUT2D eigenvalue weighted by Crippen LogP contribution is -2.30. The van der Waals surface area contributed by atoms with Crippen LogP contribution in [0.25, 0.3) is 11.5 Å². The second-order valence-electron chi connectivity index (χ2n) is 6.06. The topological polar surface area (TPSA) is 68.5 Å². The normalized spacial score (nSPS) is 10.6. The molecule has 3 rings (SSSR count). The van der Waals surface area contributed by atoms with E-state index in [2.05, 4.69) is 10.1 Å². The molecule has 0 bridgehead atoms. The van der Waals surface area contributed by atoms with E-state index >= 15 is 0 Å². The minimum absolute atomic E-state index is 0.0633. The molecule has 0 unspecified atom stereocenters. The molecular formula is C20H21N3O3. The van der Waals surface area contributed by atoms with Gasteiger partial charge in [0.05, 0.1) is 6.54 Å². The van der Waals surface area contributed by atoms with Gasteiger partial charge < -0.3 is 14.2 Å². The molecule has 6 heteroatoms. The molecule has 0 aliphatic rings. The van der Waals surface area contributed by atoms with Gasteiger partial charge >= 0.3 is 0 Å². The van der Waals surface area contributed by atoms with Gasteiger partial charge in [0.15, 0.2) is 5.82 Å². The third-order valence-electron chi connectivity index (χ3n) is 4.03. The smallest absolute Gasteiger partial charge is 0.257 e. The van der Waals surface area contributed by atoms with E-state index in [9.17, 15) is 4.79 Å². The zero-order chi connectivity index (χ0) is 18.5. The van der Waals surface area contributed by atoms with Crippen molar-refractivity contribution in [1.29, 1.82) is 0 Å². The summed E-state index contributed by atoms with van der Waals surface area (Å²) in [6, 6.07) is 15.0. The van der Waals surface area contributed by atoms with Crippen molar-refractivity contribution in [3.05, 3.63) is 65.5 Å². The van der Waals surface area contributed by atoms with Crippen LogP contribution in [0.2, 0.25) is 0 Å². The van der Waals surface area contributed by atoms with Gasteiger partial charge in [-0.05, 0) is 49.7 Å². The third kappa shape index (κ3) is 4.08. The number of nitrogens with zero attached hydrogens (tertiary/aromatic N) is 3. The van der Waals surface area contributed by atoms with Gasteiger partial charge in [0.25, 0.3) is 11.8 Å². The molecule has 0 N–H and O–H groups in total. The summed E-state index contributed by atoms with van der Waals surface area (Å²) in [4.78, 5) is 18.3. The first kappa shape index (κ1) is 17.7. The van der Waals surface area contributed by atoms with E-state index in [4.69, 9.17) is 9.26 Å². The van der Waals surface area contributed by atoms with Crippen LogP contribution in [0.15, 0.2) is 53.1 Å². The molecule has 1 amide bonds. The Labute approximate surface area is 152 Å². The van der Waals surface area contributed by atoms with E-state index in [0.29, 0.717) is 30.4 Å². The lowest BCUT2D eigenvalue weighted by atomic mass is 10.1. The summed E-state index contributed by atoms with van der Waals surface area (Å²) in [5, 5.41) is 3.77. The fraction of sp³-hybridized carbons (Fsp3) is 0.250. The summed E-state index contributed by atoms with van der Waals surface area (Å²) in [5.41, 5.74) is 2.46. The molecule has 0 spiro atoms. The van der Waals surface area contributed by atoms with Gasteiger partial charge in [0.2, 0.25) is 0 Å². The predicted molar refractivity (Wildman–Crippen MR) is 98.1 cm³/mol. The zero-order valence-corrected chi connectivity index (χ0v) is 15.1. The van der Waals surface area contributed by atoms with Gasteiger partial charge in [-0.25, -0.2) is 0 Å². The van der Waals surface area contributed by atoms with Gasteiger partial charge in [-0.2, -0.15) is 4.98 Å². The maximum absolute atomic E-state index is 12.5. The Morgan fingerprint density at radius 3 is 2.50 bits per heavy atom. The number of likely N-dealkylation sites (N-methyl/N-ethyl adjacent to an activating group) is 1. The number of amides is 1. The van der Waals surface area contributed by atoms with Crippen molar-refractivity contribution < 1.29 is 14.1 Å². The molecule has 3 aromatic rings. The van der Waals surface area contributed by atoms with Crippen molar-refractivity contribution in [2.75, 3.05) is 20.2 Å². The average Bonchev–Trinajstić information content (AvgIpc) is 3.09. The number of aryl methyl sites for hydroxylation is 2. The van der Waals surface area contributed by atoms with Crippen LogP contribution < -0.4 is 4.74 Å². The van der Waals surface area contributed by atoms with Crippen molar-refractivity contribution in [2.45, 2.75) is 13.8 Å². The molecule has 134 valence electrons. The molecule has 0 atom stereocenters. The third-order valence-corrected chi connectivity index (χ3v) is 4.03. The molecule has 26 heavy (non-hydrogen) atoms. The summed E-state index contributed by atoms with van der Waals surface area (Å²) in [5.74, 6) is 1.80. The molecule has 0 aliphatic heterocycles. The second-order valence-corrected chi connectivity index (χ2v) is 6.06. The molecule has 0 aliphatic carbocycles. The quantitative estimate of drug-likeness (QED) is 0.680. The number of benzene rings is 2. The van der Waals surface area contributed by atoms with Crippen LogP contribution in [0.4, 0.5) is 0 Å². The SMILES string of the molecule is Cc1noc(-c2ccc(C(=O)N(C)CCOc3ccccc3C)cc2)n1. The molecule has 6 nitrogen and oxygen atoms in total. The lowest BCUT2D eigenvalue weighted by Gasteiger charge is -2.18. The minimum atomic E-state index is -0.0633. The number of carbonyl (C=O) groups excluding carboxylic acids is 1. The van der Waals surface area contributed by atoms with Crippen LogP contribution in [0.1, 0.15) is 21.7 Å². The van der Waals surface area contributed by atoms with Crippen LogP contribution in [0.5, 0.6) is 5.75 Å². The molecular weight excluding hydrogens is 330 g/mol. The average molecular weight is 351 g/mol. The number of para-hydroxylation sites is 1. The van der Waals surface area contributed by atoms with E-state index in [0.717, 1.165) is 16.9 Å². The standard InChI is InChI=1S/C20H21N3O3/c1-14-6-4-5-7-18(14)25-13-12-23(3)20(24)17-10-8-16(9-11-17)19-21-15(2)22-26-19/h4-11H,12-13H2,1-3H3. The summed E-state index contributed by atoms with van der Waals surface area (Å²) in [6.07, 6.45) is 0. The van der Waals surface area contributed by atoms with Gasteiger partial charge in [0.1, 0.15) is 12.4 Å². The number of carbonyl (C=O) groups is 1. The predicted octanol–water partition coefficient (Wildman–Crippen LogP) is 3.50. The Kier molecular flexibility index (Phi) is 5.31. The van der Waals surface area contributed by atoms with Crippen molar-refractivity contribution in [3.8, 4) is 17.2 Å². The summed E-state index contributed by atoms with van der Waals surface area (Å²) >= 11 is 0. The Hall–Kier alpha value is -3.15. The maximum Gasteiger partial charge on any atom is 0.257 e. The van der Waals surface area contributed by atoms with Gasteiger partial charge in [-0.1, -0.05) is 23.4 Å². The largest absolute Gasteiger partial charge is 0.491 e. The molecule has 1 aromatic heterocycles. The zero-order valence-electron chi connectivity index (χ0n) is 15.1. The number of hydrogen-bond donors (Lipinski definition) is 0. The number of ether oxygens (including phenoxy) is 1. The van der Waals surface area contributed by atoms with E-state index in [1.54, 1.807) is 43.1 Å². The number of hydrogen-bond acceptors (Lipinski definition) is 5. The Bertz CT molecular complexity index is 887. The van der Waals surface area contributed by atoms with Crippen LogP contribution in [0, 0.1) is 13.8 Å². The highest BCUT2D eigenvalue weighted by molar-refractivity contribution is 5.94. The first-order chi connectivity index (χ1) is 12.5. The summed E-state index contributed by atoms with van der Waals surface area (Å²) < 4.78 is 10.9. The van der Waals surface area contributed by atoms with Crippen LogP contribution in [0.3, 0.4) is 0 Å².